The Morgan fingerprint density at radius 3 is 2.77 bits per heavy atom. The number of hydrogen-bond acceptors (Lipinski definition) is 3. The van der Waals surface area contributed by atoms with Crippen molar-refractivity contribution >= 4 is 21.9 Å². The van der Waals surface area contributed by atoms with Gasteiger partial charge in [0.05, 0.1) is 16.8 Å². The van der Waals surface area contributed by atoms with Crippen molar-refractivity contribution in [2.75, 3.05) is 6.61 Å². The number of aromatic carboxylic acids is 1. The second-order valence-electron chi connectivity index (χ2n) is 5.72. The quantitative estimate of drug-likeness (QED) is 0.879. The standard InChI is InChI=1S/C16H17BrN2O3/c1-9-5-11(14-7-13(16(20)21)18-19(14)2)15(12(17)6-9)22-8-10-3-4-10/h5-7,10H,3-4,8H2,1-2H3,(H,20,21). The number of carboxylic acids is 1. The molecule has 6 heteroatoms. The number of aromatic nitrogens is 2. The van der Waals surface area contributed by atoms with Crippen molar-refractivity contribution in [3.63, 3.8) is 0 Å². The average molecular weight is 365 g/mol. The molecule has 1 aromatic heterocycles. The van der Waals surface area contributed by atoms with Gasteiger partial charge in [0, 0.05) is 12.6 Å². The first-order valence-electron chi connectivity index (χ1n) is 7.16. The van der Waals surface area contributed by atoms with Crippen LogP contribution in [-0.2, 0) is 7.05 Å². The van der Waals surface area contributed by atoms with Gasteiger partial charge in [-0.3, -0.25) is 4.68 Å². The molecule has 0 spiro atoms. The highest BCUT2D eigenvalue weighted by molar-refractivity contribution is 9.10. The number of halogens is 1. The Balaban J connectivity index is 2.05. The highest BCUT2D eigenvalue weighted by Crippen LogP contribution is 2.39. The Hall–Kier alpha value is -1.82. The fraction of sp³-hybridized carbons (Fsp3) is 0.375. The smallest absolute Gasteiger partial charge is 0.356 e. The van der Waals surface area contributed by atoms with Crippen LogP contribution in [0.15, 0.2) is 22.7 Å². The van der Waals surface area contributed by atoms with Gasteiger partial charge in [0.25, 0.3) is 0 Å². The summed E-state index contributed by atoms with van der Waals surface area (Å²) in [6, 6.07) is 5.57. The molecule has 1 aromatic carbocycles. The molecule has 1 aliphatic rings. The Kier molecular flexibility index (Phi) is 3.95. The van der Waals surface area contributed by atoms with Gasteiger partial charge in [-0.25, -0.2) is 4.79 Å². The van der Waals surface area contributed by atoms with E-state index in [2.05, 4.69) is 21.0 Å². The number of ether oxygens (including phenoxy) is 1. The zero-order valence-corrected chi connectivity index (χ0v) is 14.1. The predicted octanol–water partition coefficient (Wildman–Crippen LogP) is 3.65. The van der Waals surface area contributed by atoms with E-state index in [9.17, 15) is 4.79 Å². The third-order valence-electron chi connectivity index (χ3n) is 3.72. The summed E-state index contributed by atoms with van der Waals surface area (Å²) in [4.78, 5) is 11.1. The SMILES string of the molecule is Cc1cc(Br)c(OCC2CC2)c(-c2cc(C(=O)O)nn2C)c1. The third-order valence-corrected chi connectivity index (χ3v) is 4.31. The van der Waals surface area contributed by atoms with Gasteiger partial charge < -0.3 is 9.84 Å². The van der Waals surface area contributed by atoms with Crippen molar-refractivity contribution < 1.29 is 14.6 Å². The molecule has 0 aliphatic heterocycles. The first kappa shape index (κ1) is 15.1. The highest BCUT2D eigenvalue weighted by Gasteiger charge is 2.24. The number of hydrogen-bond donors (Lipinski definition) is 1. The van der Waals surface area contributed by atoms with Gasteiger partial charge >= 0.3 is 5.97 Å². The maximum Gasteiger partial charge on any atom is 0.356 e. The van der Waals surface area contributed by atoms with Gasteiger partial charge in [-0.05, 0) is 65.4 Å². The van der Waals surface area contributed by atoms with Gasteiger partial charge in [-0.1, -0.05) is 0 Å². The van der Waals surface area contributed by atoms with E-state index in [0.29, 0.717) is 12.5 Å². The van der Waals surface area contributed by atoms with E-state index >= 15 is 0 Å². The number of carboxylic acid groups (broad SMARTS) is 1. The minimum atomic E-state index is -1.03. The Morgan fingerprint density at radius 2 is 2.18 bits per heavy atom. The molecule has 0 bridgehead atoms. The Bertz CT molecular complexity index is 735. The van der Waals surface area contributed by atoms with Crippen LogP contribution >= 0.6 is 15.9 Å². The molecule has 116 valence electrons. The van der Waals surface area contributed by atoms with Crippen molar-refractivity contribution in [3.05, 3.63) is 33.9 Å². The van der Waals surface area contributed by atoms with E-state index in [1.54, 1.807) is 17.8 Å². The van der Waals surface area contributed by atoms with Crippen LogP contribution in [0.5, 0.6) is 5.75 Å². The van der Waals surface area contributed by atoms with Gasteiger partial charge in [0.1, 0.15) is 5.75 Å². The van der Waals surface area contributed by atoms with Crippen LogP contribution in [0, 0.1) is 12.8 Å². The van der Waals surface area contributed by atoms with E-state index in [1.165, 1.54) is 12.8 Å². The average Bonchev–Trinajstić information content (AvgIpc) is 3.18. The molecule has 1 fully saturated rings. The third kappa shape index (κ3) is 3.02. The molecule has 5 nitrogen and oxygen atoms in total. The summed E-state index contributed by atoms with van der Waals surface area (Å²) in [7, 11) is 1.74. The molecule has 3 rings (SSSR count). The van der Waals surface area contributed by atoms with E-state index in [4.69, 9.17) is 9.84 Å². The Labute approximate surface area is 137 Å². The summed E-state index contributed by atoms with van der Waals surface area (Å²) in [5.74, 6) is 0.355. The molecule has 1 heterocycles. The number of nitrogens with zero attached hydrogens (tertiary/aromatic N) is 2. The molecule has 0 saturated heterocycles. The van der Waals surface area contributed by atoms with Crippen molar-refractivity contribution in [2.24, 2.45) is 13.0 Å². The zero-order chi connectivity index (χ0) is 15.9. The lowest BCUT2D eigenvalue weighted by Crippen LogP contribution is -2.03. The first-order valence-corrected chi connectivity index (χ1v) is 7.95. The van der Waals surface area contributed by atoms with Crippen LogP contribution in [0.25, 0.3) is 11.3 Å². The number of rotatable bonds is 5. The highest BCUT2D eigenvalue weighted by atomic mass is 79.9. The second kappa shape index (κ2) is 5.76. The lowest BCUT2D eigenvalue weighted by molar-refractivity contribution is 0.0689. The predicted molar refractivity (Wildman–Crippen MR) is 86.3 cm³/mol. The van der Waals surface area contributed by atoms with Crippen LogP contribution in [0.1, 0.15) is 28.9 Å². The summed E-state index contributed by atoms with van der Waals surface area (Å²) in [6.45, 7) is 2.69. The Morgan fingerprint density at radius 1 is 1.45 bits per heavy atom. The molecule has 1 aliphatic carbocycles. The van der Waals surface area contributed by atoms with Gasteiger partial charge in [0.15, 0.2) is 5.69 Å². The number of carbonyl (C=O) groups is 1. The van der Waals surface area contributed by atoms with Crippen LogP contribution in [0.3, 0.4) is 0 Å². The summed E-state index contributed by atoms with van der Waals surface area (Å²) in [5, 5.41) is 13.2. The van der Waals surface area contributed by atoms with Crippen LogP contribution in [0.4, 0.5) is 0 Å². The second-order valence-corrected chi connectivity index (χ2v) is 6.58. The van der Waals surface area contributed by atoms with Gasteiger partial charge in [0.2, 0.25) is 0 Å². The minimum Gasteiger partial charge on any atom is -0.491 e. The maximum absolute atomic E-state index is 11.1. The van der Waals surface area contributed by atoms with E-state index in [-0.39, 0.29) is 5.69 Å². The summed E-state index contributed by atoms with van der Waals surface area (Å²) >= 11 is 3.56. The molecule has 0 radical (unpaired) electrons. The lowest BCUT2D eigenvalue weighted by Gasteiger charge is -2.14. The fourth-order valence-corrected chi connectivity index (χ4v) is 3.06. The molecule has 0 unspecified atom stereocenters. The molecule has 2 aromatic rings. The van der Waals surface area contributed by atoms with E-state index < -0.39 is 5.97 Å². The van der Waals surface area contributed by atoms with Crippen LogP contribution in [0.2, 0.25) is 0 Å². The van der Waals surface area contributed by atoms with Crippen LogP contribution in [-0.4, -0.2) is 27.5 Å². The fourth-order valence-electron chi connectivity index (χ4n) is 2.38. The molecule has 0 amide bonds. The monoisotopic (exact) mass is 364 g/mol. The summed E-state index contributed by atoms with van der Waals surface area (Å²) in [5.41, 5.74) is 2.68. The lowest BCUT2D eigenvalue weighted by atomic mass is 10.1. The minimum absolute atomic E-state index is 0.0308. The molecular weight excluding hydrogens is 348 g/mol. The van der Waals surface area contributed by atoms with Crippen molar-refractivity contribution in [1.82, 2.24) is 9.78 Å². The molecule has 0 atom stereocenters. The van der Waals surface area contributed by atoms with Gasteiger partial charge in [-0.2, -0.15) is 5.10 Å². The summed E-state index contributed by atoms with van der Waals surface area (Å²) in [6.07, 6.45) is 2.43. The normalized spacial score (nSPS) is 14.1. The topological polar surface area (TPSA) is 64.3 Å². The molecular formula is C16H17BrN2O3. The summed E-state index contributed by atoms with van der Waals surface area (Å²) < 4.78 is 8.44. The van der Waals surface area contributed by atoms with Crippen LogP contribution < -0.4 is 4.74 Å². The number of aryl methyl sites for hydroxylation is 2. The molecule has 1 saturated carbocycles. The molecule has 22 heavy (non-hydrogen) atoms. The zero-order valence-electron chi connectivity index (χ0n) is 12.5. The number of benzene rings is 1. The van der Waals surface area contributed by atoms with Crippen molar-refractivity contribution in [3.8, 4) is 17.0 Å². The largest absolute Gasteiger partial charge is 0.491 e. The van der Waals surface area contributed by atoms with E-state index in [1.807, 2.05) is 19.1 Å². The van der Waals surface area contributed by atoms with E-state index in [0.717, 1.165) is 27.0 Å². The molecule has 1 N–H and O–H groups in total. The van der Waals surface area contributed by atoms with Gasteiger partial charge in [-0.15, -0.1) is 0 Å². The first-order chi connectivity index (χ1) is 10.5. The van der Waals surface area contributed by atoms with Crippen molar-refractivity contribution in [2.45, 2.75) is 19.8 Å². The maximum atomic E-state index is 11.1. The van der Waals surface area contributed by atoms with Crippen molar-refractivity contribution in [1.29, 1.82) is 0 Å².